The molecule has 0 heterocycles. The molecule has 0 spiro atoms. The molecule has 4 nitrogen and oxygen atoms in total. The summed E-state index contributed by atoms with van der Waals surface area (Å²) in [6.07, 6.45) is 0. The molecular weight excluding hydrogens is 324 g/mol. The van der Waals surface area contributed by atoms with Crippen LogP contribution in [-0.4, -0.2) is 22.4 Å². The van der Waals surface area contributed by atoms with E-state index in [1.807, 2.05) is 39.8 Å². The van der Waals surface area contributed by atoms with Gasteiger partial charge in [0.25, 0.3) is 11.8 Å². The van der Waals surface area contributed by atoms with Gasteiger partial charge in [0, 0.05) is 16.1 Å². The third-order valence-electron chi connectivity index (χ3n) is 3.47. The Kier molecular flexibility index (Phi) is 5.30. The SMILES string of the molecule is Cc1ccc(C(=O)N(NC(=O)c2cccc(Cl)c2)C(C)(C)C)cc1. The average Bonchev–Trinajstić information content (AvgIpc) is 2.51. The van der Waals surface area contributed by atoms with E-state index in [9.17, 15) is 9.59 Å². The molecule has 24 heavy (non-hydrogen) atoms. The number of rotatable bonds is 2. The van der Waals surface area contributed by atoms with Crippen LogP contribution in [-0.2, 0) is 0 Å². The van der Waals surface area contributed by atoms with E-state index in [1.165, 1.54) is 5.01 Å². The van der Waals surface area contributed by atoms with Crippen molar-refractivity contribution < 1.29 is 9.59 Å². The molecule has 0 aliphatic heterocycles. The molecule has 0 saturated heterocycles. The number of nitrogens with zero attached hydrogens (tertiary/aromatic N) is 1. The summed E-state index contributed by atoms with van der Waals surface area (Å²) in [4.78, 5) is 25.3. The fraction of sp³-hybridized carbons (Fsp3) is 0.263. The second kappa shape index (κ2) is 7.05. The molecule has 5 heteroatoms. The first-order valence-electron chi connectivity index (χ1n) is 7.66. The maximum absolute atomic E-state index is 12.8. The maximum Gasteiger partial charge on any atom is 0.272 e. The zero-order valence-corrected chi connectivity index (χ0v) is 15.0. The fourth-order valence-electron chi connectivity index (χ4n) is 2.14. The van der Waals surface area contributed by atoms with Gasteiger partial charge in [-0.05, 0) is 58.0 Å². The second-order valence-electron chi connectivity index (χ2n) is 6.63. The standard InChI is InChI=1S/C19H21ClN2O2/c1-13-8-10-14(11-9-13)18(24)22(19(2,3)4)21-17(23)15-6-5-7-16(20)12-15/h5-12H,1-4H3,(H,21,23). The molecule has 2 aromatic carbocycles. The van der Waals surface area contributed by atoms with Crippen LogP contribution >= 0.6 is 11.6 Å². The third kappa shape index (κ3) is 4.36. The van der Waals surface area contributed by atoms with E-state index >= 15 is 0 Å². The molecule has 0 bridgehead atoms. The van der Waals surface area contributed by atoms with Crippen LogP contribution < -0.4 is 5.43 Å². The number of hydrazine groups is 1. The predicted octanol–water partition coefficient (Wildman–Crippen LogP) is 4.23. The first kappa shape index (κ1) is 18.0. The number of benzene rings is 2. The molecule has 126 valence electrons. The van der Waals surface area contributed by atoms with Gasteiger partial charge in [0.05, 0.1) is 5.54 Å². The molecule has 1 N–H and O–H groups in total. The van der Waals surface area contributed by atoms with Crippen LogP contribution in [0.3, 0.4) is 0 Å². The molecule has 0 unspecified atom stereocenters. The Morgan fingerprint density at radius 1 is 1.00 bits per heavy atom. The number of hydrogen-bond donors (Lipinski definition) is 1. The van der Waals surface area contributed by atoms with Gasteiger partial charge in [-0.2, -0.15) is 0 Å². The minimum absolute atomic E-state index is 0.266. The van der Waals surface area contributed by atoms with Crippen LogP contribution in [0.15, 0.2) is 48.5 Å². The Morgan fingerprint density at radius 2 is 1.62 bits per heavy atom. The lowest BCUT2D eigenvalue weighted by Gasteiger charge is -2.35. The maximum atomic E-state index is 12.8. The molecule has 0 aromatic heterocycles. The van der Waals surface area contributed by atoms with Crippen LogP contribution in [0, 0.1) is 6.92 Å². The van der Waals surface area contributed by atoms with Crippen molar-refractivity contribution in [3.63, 3.8) is 0 Å². The van der Waals surface area contributed by atoms with E-state index < -0.39 is 5.54 Å². The number of halogens is 1. The summed E-state index contributed by atoms with van der Waals surface area (Å²) >= 11 is 5.93. The summed E-state index contributed by atoms with van der Waals surface area (Å²) < 4.78 is 0. The van der Waals surface area contributed by atoms with E-state index in [-0.39, 0.29) is 11.8 Å². The van der Waals surface area contributed by atoms with Crippen molar-refractivity contribution in [2.75, 3.05) is 0 Å². The molecule has 0 atom stereocenters. The zero-order valence-electron chi connectivity index (χ0n) is 14.3. The molecule has 0 aliphatic rings. The molecule has 2 amide bonds. The highest BCUT2D eigenvalue weighted by Gasteiger charge is 2.29. The number of nitrogens with one attached hydrogen (secondary N) is 1. The van der Waals surface area contributed by atoms with Crippen molar-refractivity contribution in [2.24, 2.45) is 0 Å². The Hall–Kier alpha value is -2.33. The van der Waals surface area contributed by atoms with Gasteiger partial charge in [-0.15, -0.1) is 0 Å². The smallest absolute Gasteiger partial charge is 0.267 e. The Morgan fingerprint density at radius 3 is 2.17 bits per heavy atom. The molecular formula is C19H21ClN2O2. The van der Waals surface area contributed by atoms with E-state index in [1.54, 1.807) is 36.4 Å². The number of hydrogen-bond acceptors (Lipinski definition) is 2. The monoisotopic (exact) mass is 344 g/mol. The van der Waals surface area contributed by atoms with Gasteiger partial charge in [0.2, 0.25) is 0 Å². The summed E-state index contributed by atoms with van der Waals surface area (Å²) in [5.41, 5.74) is 4.09. The summed E-state index contributed by atoms with van der Waals surface area (Å²) in [7, 11) is 0. The molecule has 2 rings (SSSR count). The lowest BCUT2D eigenvalue weighted by Crippen LogP contribution is -2.55. The largest absolute Gasteiger partial charge is 0.272 e. The van der Waals surface area contributed by atoms with Crippen LogP contribution in [0.1, 0.15) is 47.1 Å². The number of aryl methyl sites for hydroxylation is 1. The zero-order chi connectivity index (χ0) is 17.9. The minimum Gasteiger partial charge on any atom is -0.267 e. The van der Waals surface area contributed by atoms with Gasteiger partial charge < -0.3 is 0 Å². The van der Waals surface area contributed by atoms with Gasteiger partial charge >= 0.3 is 0 Å². The Balaban J connectivity index is 2.27. The van der Waals surface area contributed by atoms with E-state index in [2.05, 4.69) is 5.43 Å². The van der Waals surface area contributed by atoms with Crippen molar-refractivity contribution in [1.29, 1.82) is 0 Å². The molecule has 0 aliphatic carbocycles. The van der Waals surface area contributed by atoms with Gasteiger partial charge in [-0.1, -0.05) is 35.4 Å². The molecule has 0 radical (unpaired) electrons. The summed E-state index contributed by atoms with van der Waals surface area (Å²) in [6, 6.07) is 13.8. The third-order valence-corrected chi connectivity index (χ3v) is 3.71. The average molecular weight is 345 g/mol. The van der Waals surface area contributed by atoms with Crippen molar-refractivity contribution in [1.82, 2.24) is 10.4 Å². The van der Waals surface area contributed by atoms with Gasteiger partial charge in [-0.25, -0.2) is 5.01 Å². The highest BCUT2D eigenvalue weighted by molar-refractivity contribution is 6.30. The van der Waals surface area contributed by atoms with Crippen LogP contribution in [0.25, 0.3) is 0 Å². The first-order valence-corrected chi connectivity index (χ1v) is 8.04. The number of carbonyl (C=O) groups is 2. The van der Waals surface area contributed by atoms with Crippen molar-refractivity contribution in [3.05, 3.63) is 70.2 Å². The summed E-state index contributed by atoms with van der Waals surface area (Å²) in [5, 5.41) is 1.82. The van der Waals surface area contributed by atoms with Crippen LogP contribution in [0.2, 0.25) is 5.02 Å². The quantitative estimate of drug-likeness (QED) is 0.828. The Bertz CT molecular complexity index is 749. The summed E-state index contributed by atoms with van der Waals surface area (Å²) in [5.74, 6) is -0.647. The van der Waals surface area contributed by atoms with Crippen molar-refractivity contribution in [2.45, 2.75) is 33.2 Å². The molecule has 0 fully saturated rings. The Labute approximate surface area is 147 Å². The molecule has 0 saturated carbocycles. The van der Waals surface area contributed by atoms with Gasteiger partial charge in [0.1, 0.15) is 0 Å². The normalized spacial score (nSPS) is 11.0. The topological polar surface area (TPSA) is 49.4 Å². The van der Waals surface area contributed by atoms with Gasteiger partial charge in [0.15, 0.2) is 0 Å². The molecule has 2 aromatic rings. The highest BCUT2D eigenvalue weighted by atomic mass is 35.5. The number of carbonyl (C=O) groups excluding carboxylic acids is 2. The van der Waals surface area contributed by atoms with E-state index in [0.717, 1.165) is 5.56 Å². The highest BCUT2D eigenvalue weighted by Crippen LogP contribution is 2.17. The van der Waals surface area contributed by atoms with Crippen LogP contribution in [0.5, 0.6) is 0 Å². The lowest BCUT2D eigenvalue weighted by atomic mass is 10.1. The minimum atomic E-state index is -0.587. The second-order valence-corrected chi connectivity index (χ2v) is 7.07. The fourth-order valence-corrected chi connectivity index (χ4v) is 2.33. The van der Waals surface area contributed by atoms with Crippen molar-refractivity contribution >= 4 is 23.4 Å². The van der Waals surface area contributed by atoms with Crippen LogP contribution in [0.4, 0.5) is 0 Å². The lowest BCUT2D eigenvalue weighted by molar-refractivity contribution is 0.0358. The summed E-state index contributed by atoms with van der Waals surface area (Å²) in [6.45, 7) is 7.53. The van der Waals surface area contributed by atoms with E-state index in [4.69, 9.17) is 11.6 Å². The van der Waals surface area contributed by atoms with E-state index in [0.29, 0.717) is 16.1 Å². The number of amides is 2. The van der Waals surface area contributed by atoms with Crippen molar-refractivity contribution in [3.8, 4) is 0 Å². The predicted molar refractivity (Wildman–Crippen MR) is 96.0 cm³/mol. The first-order chi connectivity index (χ1) is 11.2. The van der Waals surface area contributed by atoms with Gasteiger partial charge in [-0.3, -0.25) is 15.0 Å².